The number of nitrogens with zero attached hydrogens (tertiary/aromatic N) is 4. The van der Waals surface area contributed by atoms with Crippen molar-refractivity contribution in [2.75, 3.05) is 18.9 Å². The number of carbonyl (C=O) groups is 1. The van der Waals surface area contributed by atoms with Crippen molar-refractivity contribution in [3.63, 3.8) is 0 Å². The largest absolute Gasteiger partial charge is 0.394 e. The molecule has 0 bridgehead atoms. The van der Waals surface area contributed by atoms with Gasteiger partial charge in [-0.05, 0) is 12.8 Å². The van der Waals surface area contributed by atoms with Crippen molar-refractivity contribution < 1.29 is 9.90 Å². The highest BCUT2D eigenvalue weighted by molar-refractivity contribution is 5.76. The molecule has 7 heteroatoms. The average Bonchev–Trinajstić information content (AvgIpc) is 2.86. The van der Waals surface area contributed by atoms with E-state index in [4.69, 9.17) is 10.8 Å². The lowest BCUT2D eigenvalue weighted by Crippen LogP contribution is -2.39. The number of rotatable bonds is 3. The highest BCUT2D eigenvalue weighted by Crippen LogP contribution is 2.16. The molecule has 1 aromatic heterocycles. The number of nitrogens with two attached hydrogens (primary N) is 1. The van der Waals surface area contributed by atoms with Crippen LogP contribution in [0.4, 0.5) is 5.82 Å². The smallest absolute Gasteiger partial charge is 0.244 e. The zero-order valence-electron chi connectivity index (χ0n) is 8.91. The molecule has 3 N–H and O–H groups in total. The number of aliphatic hydroxyl groups excluding tert-OH is 1. The van der Waals surface area contributed by atoms with Gasteiger partial charge in [0.25, 0.3) is 0 Å². The van der Waals surface area contributed by atoms with E-state index in [9.17, 15) is 4.79 Å². The quantitative estimate of drug-likeness (QED) is 0.676. The average molecular weight is 225 g/mol. The molecule has 0 radical (unpaired) electrons. The van der Waals surface area contributed by atoms with E-state index < -0.39 is 0 Å². The van der Waals surface area contributed by atoms with Crippen LogP contribution in [0.15, 0.2) is 6.20 Å². The fourth-order valence-electron chi connectivity index (χ4n) is 1.97. The number of anilines is 1. The Balaban J connectivity index is 1.97. The van der Waals surface area contributed by atoms with E-state index in [1.165, 1.54) is 10.9 Å². The summed E-state index contributed by atoms with van der Waals surface area (Å²) >= 11 is 0. The Labute approximate surface area is 92.8 Å². The molecule has 0 spiro atoms. The van der Waals surface area contributed by atoms with Crippen molar-refractivity contribution in [3.05, 3.63) is 6.20 Å². The van der Waals surface area contributed by atoms with Crippen molar-refractivity contribution in [2.45, 2.75) is 25.4 Å². The van der Waals surface area contributed by atoms with Crippen molar-refractivity contribution in [1.82, 2.24) is 19.9 Å². The number of hydrogen-bond donors (Lipinski definition) is 2. The Kier molecular flexibility index (Phi) is 3.04. The molecule has 1 unspecified atom stereocenters. The molecule has 1 aliphatic heterocycles. The topological polar surface area (TPSA) is 97.3 Å². The lowest BCUT2D eigenvalue weighted by Gasteiger charge is -2.22. The second kappa shape index (κ2) is 4.48. The summed E-state index contributed by atoms with van der Waals surface area (Å²) in [7, 11) is 0. The molecule has 2 rings (SSSR count). The molecular weight excluding hydrogens is 210 g/mol. The van der Waals surface area contributed by atoms with Gasteiger partial charge in [0.1, 0.15) is 6.54 Å². The molecule has 0 aliphatic carbocycles. The Morgan fingerprint density at radius 1 is 1.69 bits per heavy atom. The first kappa shape index (κ1) is 10.9. The van der Waals surface area contributed by atoms with Crippen molar-refractivity contribution >= 4 is 11.7 Å². The van der Waals surface area contributed by atoms with E-state index in [0.717, 1.165) is 12.8 Å². The summed E-state index contributed by atoms with van der Waals surface area (Å²) in [6.45, 7) is 0.847. The van der Waals surface area contributed by atoms with E-state index in [1.807, 2.05) is 0 Å². The van der Waals surface area contributed by atoms with Gasteiger partial charge in [-0.25, -0.2) is 4.68 Å². The summed E-state index contributed by atoms with van der Waals surface area (Å²) in [5, 5.41) is 16.4. The van der Waals surface area contributed by atoms with Crippen LogP contribution in [0.3, 0.4) is 0 Å². The van der Waals surface area contributed by atoms with Crippen LogP contribution in [0.1, 0.15) is 12.8 Å². The third kappa shape index (κ3) is 2.13. The molecule has 1 aliphatic rings. The molecule has 7 nitrogen and oxygen atoms in total. The van der Waals surface area contributed by atoms with Gasteiger partial charge in [-0.3, -0.25) is 4.79 Å². The predicted molar refractivity (Wildman–Crippen MR) is 56.3 cm³/mol. The number of amides is 1. The number of nitrogen functional groups attached to an aromatic ring is 1. The SMILES string of the molecule is Nc1cn(CC(=O)N2CCCC2CO)nn1. The third-order valence-corrected chi connectivity index (χ3v) is 2.76. The minimum Gasteiger partial charge on any atom is -0.394 e. The van der Waals surface area contributed by atoms with Gasteiger partial charge in [0, 0.05) is 6.54 Å². The van der Waals surface area contributed by atoms with Crippen LogP contribution in [0.5, 0.6) is 0 Å². The maximum atomic E-state index is 11.9. The van der Waals surface area contributed by atoms with E-state index in [-0.39, 0.29) is 25.1 Å². The molecule has 1 atom stereocenters. The first-order valence-corrected chi connectivity index (χ1v) is 5.26. The van der Waals surface area contributed by atoms with Gasteiger partial charge in [0.15, 0.2) is 5.82 Å². The fraction of sp³-hybridized carbons (Fsp3) is 0.667. The highest BCUT2D eigenvalue weighted by Gasteiger charge is 2.28. The molecule has 1 fully saturated rings. The van der Waals surface area contributed by atoms with Crippen molar-refractivity contribution in [1.29, 1.82) is 0 Å². The fourth-order valence-corrected chi connectivity index (χ4v) is 1.97. The minimum absolute atomic E-state index is 0.0191. The summed E-state index contributed by atoms with van der Waals surface area (Å²) in [5.41, 5.74) is 5.40. The lowest BCUT2D eigenvalue weighted by atomic mass is 10.2. The second-order valence-corrected chi connectivity index (χ2v) is 3.91. The summed E-state index contributed by atoms with van der Waals surface area (Å²) < 4.78 is 1.41. The number of likely N-dealkylation sites (tertiary alicyclic amines) is 1. The Hall–Kier alpha value is -1.63. The molecule has 16 heavy (non-hydrogen) atoms. The summed E-state index contributed by atoms with van der Waals surface area (Å²) in [6, 6.07) is -0.0478. The molecule has 1 amide bonds. The van der Waals surface area contributed by atoms with Gasteiger partial charge in [-0.15, -0.1) is 5.10 Å². The van der Waals surface area contributed by atoms with Crippen LogP contribution in [0.25, 0.3) is 0 Å². The van der Waals surface area contributed by atoms with Gasteiger partial charge in [0.05, 0.1) is 18.8 Å². The van der Waals surface area contributed by atoms with Crippen molar-refractivity contribution in [2.24, 2.45) is 0 Å². The normalized spacial score (nSPS) is 20.3. The van der Waals surface area contributed by atoms with E-state index in [0.29, 0.717) is 12.4 Å². The van der Waals surface area contributed by atoms with Crippen LogP contribution in [-0.4, -0.2) is 50.1 Å². The van der Waals surface area contributed by atoms with Gasteiger partial charge >= 0.3 is 0 Å². The number of hydrogen-bond acceptors (Lipinski definition) is 5. The third-order valence-electron chi connectivity index (χ3n) is 2.76. The molecular formula is C9H15N5O2. The molecule has 0 saturated carbocycles. The van der Waals surface area contributed by atoms with Crippen molar-refractivity contribution in [3.8, 4) is 0 Å². The van der Waals surface area contributed by atoms with E-state index in [1.54, 1.807) is 4.90 Å². The molecule has 0 aromatic carbocycles. The van der Waals surface area contributed by atoms with Crippen LogP contribution in [0, 0.1) is 0 Å². The summed E-state index contributed by atoms with van der Waals surface area (Å²) in [5.74, 6) is 0.245. The highest BCUT2D eigenvalue weighted by atomic mass is 16.3. The van der Waals surface area contributed by atoms with E-state index >= 15 is 0 Å². The Morgan fingerprint density at radius 2 is 2.50 bits per heavy atom. The van der Waals surface area contributed by atoms with Gasteiger partial charge in [-0.2, -0.15) is 0 Å². The van der Waals surface area contributed by atoms with Crippen LogP contribution in [-0.2, 0) is 11.3 Å². The maximum absolute atomic E-state index is 11.9. The lowest BCUT2D eigenvalue weighted by molar-refractivity contribution is -0.133. The Bertz CT molecular complexity index is 378. The minimum atomic E-state index is -0.0542. The van der Waals surface area contributed by atoms with Crippen LogP contribution >= 0.6 is 0 Å². The molecule has 2 heterocycles. The van der Waals surface area contributed by atoms with Crippen LogP contribution < -0.4 is 5.73 Å². The zero-order valence-corrected chi connectivity index (χ0v) is 8.91. The second-order valence-electron chi connectivity index (χ2n) is 3.91. The number of aromatic nitrogens is 3. The number of aliphatic hydroxyl groups is 1. The van der Waals surface area contributed by atoms with Crippen LogP contribution in [0.2, 0.25) is 0 Å². The van der Waals surface area contributed by atoms with E-state index in [2.05, 4.69) is 10.3 Å². The standard InChI is InChI=1S/C9H15N5O2/c10-8-4-13(12-11-8)5-9(16)14-3-1-2-7(14)6-15/h4,7,15H,1-3,5-6,10H2. The first-order valence-electron chi connectivity index (χ1n) is 5.26. The van der Waals surface area contributed by atoms with Gasteiger partial charge in [0.2, 0.25) is 5.91 Å². The molecule has 88 valence electrons. The predicted octanol–water partition coefficient (Wildman–Crippen LogP) is -1.16. The van der Waals surface area contributed by atoms with Gasteiger partial charge < -0.3 is 15.7 Å². The van der Waals surface area contributed by atoms with Gasteiger partial charge in [-0.1, -0.05) is 5.21 Å². The number of carbonyl (C=O) groups excluding carboxylic acids is 1. The Morgan fingerprint density at radius 3 is 3.12 bits per heavy atom. The monoisotopic (exact) mass is 225 g/mol. The summed E-state index contributed by atoms with van der Waals surface area (Å²) in [4.78, 5) is 13.6. The maximum Gasteiger partial charge on any atom is 0.244 e. The molecule has 1 aromatic rings. The summed E-state index contributed by atoms with van der Waals surface area (Å²) in [6.07, 6.45) is 3.32. The zero-order chi connectivity index (χ0) is 11.5. The molecule has 1 saturated heterocycles. The first-order chi connectivity index (χ1) is 7.70.